The van der Waals surface area contributed by atoms with Crippen LogP contribution in [0.1, 0.15) is 11.1 Å². The zero-order chi connectivity index (χ0) is 12.4. The lowest BCUT2D eigenvalue weighted by atomic mass is 9.99. The summed E-state index contributed by atoms with van der Waals surface area (Å²) in [5, 5.41) is 19.1. The second-order valence-electron chi connectivity index (χ2n) is 3.76. The third-order valence-corrected chi connectivity index (χ3v) is 3.11. The summed E-state index contributed by atoms with van der Waals surface area (Å²) in [6.07, 6.45) is 0. The molecule has 1 N–H and O–H groups in total. The first-order chi connectivity index (χ1) is 8.13. The van der Waals surface area contributed by atoms with Crippen LogP contribution in [-0.4, -0.2) is 5.11 Å². The number of rotatable bonds is 1. The van der Waals surface area contributed by atoms with Gasteiger partial charge in [0.2, 0.25) is 0 Å². The summed E-state index contributed by atoms with van der Waals surface area (Å²) in [6, 6.07) is 12.5. The number of aromatic hydroxyl groups is 1. The minimum atomic E-state index is -0.00984. The molecule has 0 radical (unpaired) electrons. The van der Waals surface area contributed by atoms with E-state index >= 15 is 0 Å². The van der Waals surface area contributed by atoms with Gasteiger partial charge in [0.05, 0.1) is 5.56 Å². The van der Waals surface area contributed by atoms with Gasteiger partial charge in [-0.25, -0.2) is 0 Å². The first-order valence-corrected chi connectivity index (χ1v) is 5.50. The van der Waals surface area contributed by atoms with Gasteiger partial charge >= 0.3 is 0 Å². The Kier molecular flexibility index (Phi) is 3.03. The minimum Gasteiger partial charge on any atom is -0.507 e. The van der Waals surface area contributed by atoms with Gasteiger partial charge in [-0.2, -0.15) is 5.26 Å². The smallest absolute Gasteiger partial charge is 0.133 e. The van der Waals surface area contributed by atoms with E-state index in [2.05, 4.69) is 0 Å². The molecule has 0 amide bonds. The van der Waals surface area contributed by atoms with Crippen LogP contribution in [0, 0.1) is 18.3 Å². The number of nitriles is 1. The zero-order valence-corrected chi connectivity index (χ0v) is 9.99. The predicted molar refractivity (Wildman–Crippen MR) is 68.0 cm³/mol. The summed E-state index contributed by atoms with van der Waals surface area (Å²) >= 11 is 6.05. The van der Waals surface area contributed by atoms with Gasteiger partial charge in [0.25, 0.3) is 0 Å². The fraction of sp³-hybridized carbons (Fsp3) is 0.0714. The van der Waals surface area contributed by atoms with E-state index in [9.17, 15) is 5.11 Å². The molecule has 0 aromatic heterocycles. The van der Waals surface area contributed by atoms with Crippen LogP contribution in [0.25, 0.3) is 11.1 Å². The SMILES string of the molecule is Cc1c(Cl)cccc1-c1ccc(C#N)c(O)c1. The van der Waals surface area contributed by atoms with Gasteiger partial charge in [-0.15, -0.1) is 0 Å². The monoisotopic (exact) mass is 243 g/mol. The summed E-state index contributed by atoms with van der Waals surface area (Å²) in [6.45, 7) is 1.92. The van der Waals surface area contributed by atoms with E-state index in [0.717, 1.165) is 16.7 Å². The van der Waals surface area contributed by atoms with E-state index < -0.39 is 0 Å². The summed E-state index contributed by atoms with van der Waals surface area (Å²) in [4.78, 5) is 0. The van der Waals surface area contributed by atoms with Gasteiger partial charge in [0.1, 0.15) is 11.8 Å². The Labute approximate surface area is 105 Å². The van der Waals surface area contributed by atoms with Gasteiger partial charge in [-0.3, -0.25) is 0 Å². The quantitative estimate of drug-likeness (QED) is 0.826. The number of hydrogen-bond donors (Lipinski definition) is 1. The summed E-state index contributed by atoms with van der Waals surface area (Å²) in [5.74, 6) is -0.00984. The lowest BCUT2D eigenvalue weighted by Gasteiger charge is -2.08. The fourth-order valence-electron chi connectivity index (χ4n) is 1.71. The van der Waals surface area contributed by atoms with Crippen LogP contribution in [0.2, 0.25) is 5.02 Å². The number of phenolic OH excluding ortho intramolecular Hbond substituents is 1. The van der Waals surface area contributed by atoms with Crippen molar-refractivity contribution in [2.24, 2.45) is 0 Å². The van der Waals surface area contributed by atoms with Crippen LogP contribution >= 0.6 is 11.6 Å². The van der Waals surface area contributed by atoms with Crippen LogP contribution in [-0.2, 0) is 0 Å². The van der Waals surface area contributed by atoms with Crippen LogP contribution in [0.3, 0.4) is 0 Å². The molecule has 2 rings (SSSR count). The highest BCUT2D eigenvalue weighted by Crippen LogP contribution is 2.31. The molecule has 0 saturated carbocycles. The number of hydrogen-bond acceptors (Lipinski definition) is 2. The lowest BCUT2D eigenvalue weighted by molar-refractivity contribution is 0.474. The Morgan fingerprint density at radius 2 is 2.00 bits per heavy atom. The summed E-state index contributed by atoms with van der Waals surface area (Å²) in [7, 11) is 0. The molecule has 0 aliphatic heterocycles. The third kappa shape index (κ3) is 2.11. The summed E-state index contributed by atoms with van der Waals surface area (Å²) in [5.41, 5.74) is 3.03. The molecule has 2 nitrogen and oxygen atoms in total. The van der Waals surface area contributed by atoms with Crippen molar-refractivity contribution in [1.29, 1.82) is 5.26 Å². The zero-order valence-electron chi connectivity index (χ0n) is 9.24. The van der Waals surface area contributed by atoms with E-state index in [1.54, 1.807) is 18.2 Å². The highest BCUT2D eigenvalue weighted by molar-refractivity contribution is 6.31. The maximum absolute atomic E-state index is 9.66. The molecule has 84 valence electrons. The Morgan fingerprint density at radius 3 is 2.65 bits per heavy atom. The molecule has 0 unspecified atom stereocenters. The normalized spacial score (nSPS) is 9.94. The Balaban J connectivity index is 2.59. The van der Waals surface area contributed by atoms with Crippen molar-refractivity contribution in [1.82, 2.24) is 0 Å². The molecule has 3 heteroatoms. The molecule has 0 heterocycles. The van der Waals surface area contributed by atoms with Gasteiger partial charge in [0, 0.05) is 5.02 Å². The van der Waals surface area contributed by atoms with Crippen molar-refractivity contribution in [3.05, 3.63) is 52.5 Å². The van der Waals surface area contributed by atoms with Crippen molar-refractivity contribution in [3.8, 4) is 22.9 Å². The molecule has 0 aliphatic rings. The first kappa shape index (κ1) is 11.5. The number of benzene rings is 2. The highest BCUT2D eigenvalue weighted by Gasteiger charge is 2.07. The Morgan fingerprint density at radius 1 is 1.24 bits per heavy atom. The Bertz CT molecular complexity index is 614. The predicted octanol–water partition coefficient (Wildman–Crippen LogP) is 3.89. The number of nitrogens with zero attached hydrogens (tertiary/aromatic N) is 1. The number of phenols is 1. The van der Waals surface area contributed by atoms with E-state index in [1.807, 2.05) is 31.2 Å². The maximum atomic E-state index is 9.66. The molecule has 0 atom stereocenters. The first-order valence-electron chi connectivity index (χ1n) is 5.12. The lowest BCUT2D eigenvalue weighted by Crippen LogP contribution is -1.85. The van der Waals surface area contributed by atoms with Crippen LogP contribution < -0.4 is 0 Å². The molecule has 2 aromatic rings. The van der Waals surface area contributed by atoms with Crippen LogP contribution in [0.5, 0.6) is 5.75 Å². The highest BCUT2D eigenvalue weighted by atomic mass is 35.5. The minimum absolute atomic E-state index is 0.00984. The van der Waals surface area contributed by atoms with Crippen molar-refractivity contribution < 1.29 is 5.11 Å². The standard InChI is InChI=1S/C14H10ClNO/c1-9-12(3-2-4-13(9)15)10-5-6-11(8-16)14(17)7-10/h2-7,17H,1H3. The molecule has 0 fully saturated rings. The molecule has 0 bridgehead atoms. The maximum Gasteiger partial charge on any atom is 0.133 e. The van der Waals surface area contributed by atoms with Gasteiger partial charge < -0.3 is 5.11 Å². The largest absolute Gasteiger partial charge is 0.507 e. The fourth-order valence-corrected chi connectivity index (χ4v) is 1.89. The number of halogens is 1. The summed E-state index contributed by atoms with van der Waals surface area (Å²) < 4.78 is 0. The van der Waals surface area contributed by atoms with E-state index in [0.29, 0.717) is 5.02 Å². The van der Waals surface area contributed by atoms with Crippen molar-refractivity contribution in [2.45, 2.75) is 6.92 Å². The molecular weight excluding hydrogens is 234 g/mol. The van der Waals surface area contributed by atoms with Gasteiger partial charge in [-0.05, 0) is 41.8 Å². The molecule has 0 aliphatic carbocycles. The second kappa shape index (κ2) is 4.48. The average molecular weight is 244 g/mol. The third-order valence-electron chi connectivity index (χ3n) is 2.70. The van der Waals surface area contributed by atoms with Crippen LogP contribution in [0.4, 0.5) is 0 Å². The van der Waals surface area contributed by atoms with Crippen molar-refractivity contribution in [2.75, 3.05) is 0 Å². The van der Waals surface area contributed by atoms with Crippen LogP contribution in [0.15, 0.2) is 36.4 Å². The van der Waals surface area contributed by atoms with E-state index in [1.165, 1.54) is 0 Å². The topological polar surface area (TPSA) is 44.0 Å². The Hall–Kier alpha value is -1.98. The molecule has 2 aromatic carbocycles. The van der Waals surface area contributed by atoms with Crippen molar-refractivity contribution >= 4 is 11.6 Å². The second-order valence-corrected chi connectivity index (χ2v) is 4.16. The molecule has 0 spiro atoms. The van der Waals surface area contributed by atoms with E-state index in [4.69, 9.17) is 16.9 Å². The van der Waals surface area contributed by atoms with Gasteiger partial charge in [0.15, 0.2) is 0 Å². The van der Waals surface area contributed by atoms with E-state index in [-0.39, 0.29) is 11.3 Å². The molecular formula is C14H10ClNO. The molecule has 0 saturated heterocycles. The van der Waals surface area contributed by atoms with Gasteiger partial charge in [-0.1, -0.05) is 29.8 Å². The van der Waals surface area contributed by atoms with Crippen molar-refractivity contribution in [3.63, 3.8) is 0 Å². The average Bonchev–Trinajstić information content (AvgIpc) is 2.32. The molecule has 17 heavy (non-hydrogen) atoms.